The molecule has 22 heavy (non-hydrogen) atoms. The van der Waals surface area contributed by atoms with E-state index in [0.717, 1.165) is 22.1 Å². The minimum absolute atomic E-state index is 0.632. The number of hydrogen-bond acceptors (Lipinski definition) is 5. The van der Waals surface area contributed by atoms with Crippen LogP contribution in [0.2, 0.25) is 5.02 Å². The molecule has 3 aromatic rings. The van der Waals surface area contributed by atoms with E-state index >= 15 is 0 Å². The standard InChI is InChI=1S/C15H10ClN5S/c16-11-6-2-1-5-10(11)13-9-22-15-19-18-14(21(15)20-13)12-7-3-4-8-17-12/h1-8H,9H2. The van der Waals surface area contributed by atoms with Gasteiger partial charge in [0.05, 0.1) is 5.71 Å². The highest BCUT2D eigenvalue weighted by Crippen LogP contribution is 2.29. The molecular weight excluding hydrogens is 318 g/mol. The zero-order chi connectivity index (χ0) is 14.9. The Kier molecular flexibility index (Phi) is 3.40. The number of pyridine rings is 1. The van der Waals surface area contributed by atoms with Crippen molar-refractivity contribution in [1.29, 1.82) is 0 Å². The van der Waals surface area contributed by atoms with Crippen molar-refractivity contribution in [2.75, 3.05) is 5.75 Å². The fourth-order valence-electron chi connectivity index (χ4n) is 2.21. The second kappa shape index (κ2) is 5.55. The predicted octanol–water partition coefficient (Wildman–Crippen LogP) is 3.35. The van der Waals surface area contributed by atoms with E-state index in [0.29, 0.717) is 16.6 Å². The van der Waals surface area contributed by atoms with E-state index in [1.807, 2.05) is 42.5 Å². The summed E-state index contributed by atoms with van der Waals surface area (Å²) in [6.45, 7) is 0. The normalized spacial score (nSPS) is 13.6. The molecule has 0 saturated carbocycles. The van der Waals surface area contributed by atoms with Gasteiger partial charge in [-0.25, -0.2) is 0 Å². The topological polar surface area (TPSA) is 56.0 Å². The smallest absolute Gasteiger partial charge is 0.212 e. The average Bonchev–Trinajstić information content (AvgIpc) is 2.99. The van der Waals surface area contributed by atoms with Crippen LogP contribution in [0.4, 0.5) is 0 Å². The number of benzene rings is 1. The van der Waals surface area contributed by atoms with Crippen LogP contribution in [-0.2, 0) is 0 Å². The Bertz CT molecular complexity index is 859. The highest BCUT2D eigenvalue weighted by molar-refractivity contribution is 7.99. The van der Waals surface area contributed by atoms with E-state index < -0.39 is 0 Å². The van der Waals surface area contributed by atoms with Gasteiger partial charge in [0.25, 0.3) is 0 Å². The summed E-state index contributed by atoms with van der Waals surface area (Å²) >= 11 is 7.86. The highest BCUT2D eigenvalue weighted by Gasteiger charge is 2.22. The molecule has 0 spiro atoms. The monoisotopic (exact) mass is 327 g/mol. The number of halogens is 1. The van der Waals surface area contributed by atoms with Crippen LogP contribution >= 0.6 is 23.4 Å². The Morgan fingerprint density at radius 3 is 2.73 bits per heavy atom. The second-order valence-electron chi connectivity index (χ2n) is 4.65. The molecule has 0 fully saturated rings. The molecule has 0 N–H and O–H groups in total. The first-order chi connectivity index (χ1) is 10.8. The quantitative estimate of drug-likeness (QED) is 0.724. The maximum atomic E-state index is 6.27. The summed E-state index contributed by atoms with van der Waals surface area (Å²) in [4.78, 5) is 4.32. The van der Waals surface area contributed by atoms with E-state index in [2.05, 4.69) is 20.3 Å². The van der Waals surface area contributed by atoms with Crippen molar-refractivity contribution >= 4 is 29.1 Å². The molecule has 5 nitrogen and oxygen atoms in total. The highest BCUT2D eigenvalue weighted by atomic mass is 35.5. The minimum atomic E-state index is 0.632. The first-order valence-electron chi connectivity index (χ1n) is 6.65. The molecule has 108 valence electrons. The van der Waals surface area contributed by atoms with Crippen molar-refractivity contribution in [1.82, 2.24) is 19.9 Å². The molecule has 0 unspecified atom stereocenters. The van der Waals surface area contributed by atoms with Crippen LogP contribution in [0, 0.1) is 0 Å². The van der Waals surface area contributed by atoms with Crippen LogP contribution in [0.1, 0.15) is 5.56 Å². The molecule has 0 radical (unpaired) electrons. The summed E-state index contributed by atoms with van der Waals surface area (Å²) in [5.74, 6) is 1.34. The number of nitrogens with zero attached hydrogens (tertiary/aromatic N) is 5. The molecule has 0 bridgehead atoms. The third kappa shape index (κ3) is 2.30. The van der Waals surface area contributed by atoms with Gasteiger partial charge in [0.2, 0.25) is 11.0 Å². The molecule has 4 rings (SSSR count). The maximum absolute atomic E-state index is 6.27. The summed E-state index contributed by atoms with van der Waals surface area (Å²) in [5, 5.41) is 14.5. The van der Waals surface area contributed by atoms with Crippen molar-refractivity contribution in [3.05, 3.63) is 59.2 Å². The number of fused-ring (bicyclic) bond motifs is 1. The number of rotatable bonds is 2. The number of aromatic nitrogens is 4. The first kappa shape index (κ1) is 13.5. The first-order valence-corrected chi connectivity index (χ1v) is 8.01. The van der Waals surface area contributed by atoms with Crippen molar-refractivity contribution in [2.24, 2.45) is 5.10 Å². The Morgan fingerprint density at radius 2 is 1.91 bits per heavy atom. The Morgan fingerprint density at radius 1 is 1.05 bits per heavy atom. The van der Waals surface area contributed by atoms with Gasteiger partial charge < -0.3 is 0 Å². The van der Waals surface area contributed by atoms with Gasteiger partial charge in [0.1, 0.15) is 5.69 Å². The van der Waals surface area contributed by atoms with E-state index in [-0.39, 0.29) is 0 Å². The Balaban J connectivity index is 1.83. The SMILES string of the molecule is Clc1ccccc1C1=Nn2c(nnc2-c2ccccn2)SC1. The lowest BCUT2D eigenvalue weighted by Crippen LogP contribution is -2.14. The molecule has 0 atom stereocenters. The van der Waals surface area contributed by atoms with Gasteiger partial charge in [-0.15, -0.1) is 10.2 Å². The van der Waals surface area contributed by atoms with Gasteiger partial charge in [-0.05, 0) is 18.2 Å². The van der Waals surface area contributed by atoms with Crippen LogP contribution in [0.15, 0.2) is 58.9 Å². The van der Waals surface area contributed by atoms with Crippen molar-refractivity contribution in [2.45, 2.75) is 5.16 Å². The van der Waals surface area contributed by atoms with Crippen LogP contribution in [0.25, 0.3) is 11.5 Å². The third-order valence-electron chi connectivity index (χ3n) is 3.25. The summed E-state index contributed by atoms with van der Waals surface area (Å²) < 4.78 is 1.73. The summed E-state index contributed by atoms with van der Waals surface area (Å²) in [6.07, 6.45) is 1.73. The maximum Gasteiger partial charge on any atom is 0.212 e. The summed E-state index contributed by atoms with van der Waals surface area (Å²) in [6, 6.07) is 13.4. The van der Waals surface area contributed by atoms with Gasteiger partial charge in [0, 0.05) is 22.5 Å². The van der Waals surface area contributed by atoms with Crippen LogP contribution in [0.3, 0.4) is 0 Å². The van der Waals surface area contributed by atoms with Gasteiger partial charge >= 0.3 is 0 Å². The Hall–Kier alpha value is -2.18. The number of thioether (sulfide) groups is 1. The molecule has 3 heterocycles. The molecular formula is C15H10ClN5S. The predicted molar refractivity (Wildman–Crippen MR) is 87.4 cm³/mol. The largest absolute Gasteiger partial charge is 0.253 e. The van der Waals surface area contributed by atoms with Gasteiger partial charge in [0.15, 0.2) is 0 Å². The Labute approximate surface area is 136 Å². The lowest BCUT2D eigenvalue weighted by atomic mass is 10.1. The lowest BCUT2D eigenvalue weighted by Gasteiger charge is -2.14. The van der Waals surface area contributed by atoms with Crippen LogP contribution < -0.4 is 0 Å². The molecule has 2 aromatic heterocycles. The van der Waals surface area contributed by atoms with E-state index in [1.54, 1.807) is 22.6 Å². The van der Waals surface area contributed by atoms with Crippen molar-refractivity contribution in [3.8, 4) is 11.5 Å². The van der Waals surface area contributed by atoms with Crippen molar-refractivity contribution in [3.63, 3.8) is 0 Å². The molecule has 0 aliphatic carbocycles. The zero-order valence-corrected chi connectivity index (χ0v) is 12.9. The molecule has 7 heteroatoms. The number of hydrogen-bond donors (Lipinski definition) is 0. The minimum Gasteiger partial charge on any atom is -0.253 e. The van der Waals surface area contributed by atoms with Gasteiger partial charge in [-0.2, -0.15) is 9.78 Å². The van der Waals surface area contributed by atoms with E-state index in [4.69, 9.17) is 11.6 Å². The average molecular weight is 328 g/mol. The van der Waals surface area contributed by atoms with Crippen LogP contribution in [0.5, 0.6) is 0 Å². The van der Waals surface area contributed by atoms with Crippen molar-refractivity contribution < 1.29 is 0 Å². The summed E-state index contributed by atoms with van der Waals surface area (Å²) in [7, 11) is 0. The van der Waals surface area contributed by atoms with E-state index in [1.165, 1.54) is 0 Å². The molecule has 0 saturated heterocycles. The summed E-state index contributed by atoms with van der Waals surface area (Å²) in [5.41, 5.74) is 2.58. The molecule has 1 aliphatic rings. The van der Waals surface area contributed by atoms with E-state index in [9.17, 15) is 0 Å². The second-order valence-corrected chi connectivity index (χ2v) is 6.00. The molecule has 0 amide bonds. The third-order valence-corrected chi connectivity index (χ3v) is 4.51. The molecule has 1 aliphatic heterocycles. The zero-order valence-electron chi connectivity index (χ0n) is 11.3. The van der Waals surface area contributed by atoms with Gasteiger partial charge in [-0.1, -0.05) is 47.6 Å². The van der Waals surface area contributed by atoms with Crippen LogP contribution in [-0.4, -0.2) is 31.3 Å². The molecule has 1 aromatic carbocycles. The van der Waals surface area contributed by atoms with Gasteiger partial charge in [-0.3, -0.25) is 4.98 Å². The fraction of sp³-hybridized carbons (Fsp3) is 0.0667. The fourth-order valence-corrected chi connectivity index (χ4v) is 3.28. The lowest BCUT2D eigenvalue weighted by molar-refractivity contribution is 0.761.